The first-order valence-electron chi connectivity index (χ1n) is 6.57. The molecule has 2 N–H and O–H groups in total. The van der Waals surface area contributed by atoms with Crippen molar-refractivity contribution in [1.82, 2.24) is 4.98 Å². The molecule has 19 heavy (non-hydrogen) atoms. The van der Waals surface area contributed by atoms with E-state index in [1.807, 2.05) is 13.8 Å². The molecule has 0 bridgehead atoms. The molecule has 1 aromatic heterocycles. The summed E-state index contributed by atoms with van der Waals surface area (Å²) in [6.45, 7) is 9.82. The quantitative estimate of drug-likeness (QED) is 0.839. The smallest absolute Gasteiger partial charge is 0.107 e. The lowest BCUT2D eigenvalue weighted by molar-refractivity contribution is -0.00523. The maximum absolute atomic E-state index is 5.87. The second-order valence-electron chi connectivity index (χ2n) is 5.27. The van der Waals surface area contributed by atoms with Crippen LogP contribution in [0.5, 0.6) is 0 Å². The molecule has 5 heteroatoms. The predicted octanol–water partition coefficient (Wildman–Crippen LogP) is 1.95. The number of ether oxygens (including phenoxy) is 1. The maximum atomic E-state index is 5.87. The molecule has 4 nitrogen and oxygen atoms in total. The van der Waals surface area contributed by atoms with Crippen LogP contribution in [-0.4, -0.2) is 35.3 Å². The lowest BCUT2D eigenvalue weighted by Crippen LogP contribution is -2.46. The number of anilines is 1. The Balaban J connectivity index is 2.45. The average molecular weight is 279 g/mol. The van der Waals surface area contributed by atoms with E-state index in [-0.39, 0.29) is 12.2 Å². The van der Waals surface area contributed by atoms with Crippen LogP contribution < -0.4 is 10.6 Å². The van der Waals surface area contributed by atoms with Crippen LogP contribution in [0.1, 0.15) is 30.8 Å². The summed E-state index contributed by atoms with van der Waals surface area (Å²) in [7, 11) is 0. The zero-order chi connectivity index (χ0) is 14.2. The molecular weight excluding hydrogens is 258 g/mol. The molecule has 0 aromatic carbocycles. The summed E-state index contributed by atoms with van der Waals surface area (Å²) < 4.78 is 5.78. The minimum absolute atomic E-state index is 0.205. The molecule has 1 saturated heterocycles. The zero-order valence-corrected chi connectivity index (χ0v) is 12.8. The minimum Gasteiger partial charge on any atom is -0.389 e. The van der Waals surface area contributed by atoms with E-state index in [1.165, 1.54) is 0 Å². The summed E-state index contributed by atoms with van der Waals surface area (Å²) in [4.78, 5) is 7.17. The van der Waals surface area contributed by atoms with Gasteiger partial charge in [-0.1, -0.05) is 12.2 Å². The van der Waals surface area contributed by atoms with Crippen molar-refractivity contribution >= 4 is 22.9 Å². The minimum atomic E-state index is 0.205. The van der Waals surface area contributed by atoms with Gasteiger partial charge in [-0.15, -0.1) is 0 Å². The van der Waals surface area contributed by atoms with E-state index in [4.69, 9.17) is 22.7 Å². The third-order valence-electron chi connectivity index (χ3n) is 3.31. The van der Waals surface area contributed by atoms with Crippen LogP contribution in [0, 0.1) is 13.8 Å². The van der Waals surface area contributed by atoms with Gasteiger partial charge in [0, 0.05) is 24.5 Å². The second kappa shape index (κ2) is 5.43. The van der Waals surface area contributed by atoms with Crippen LogP contribution in [0.2, 0.25) is 0 Å². The molecule has 1 aliphatic rings. The Morgan fingerprint density at radius 1 is 1.37 bits per heavy atom. The molecule has 2 atom stereocenters. The fourth-order valence-corrected chi connectivity index (χ4v) is 2.99. The number of morpholine rings is 1. The Hall–Kier alpha value is -1.20. The Bertz CT molecular complexity index is 494. The van der Waals surface area contributed by atoms with E-state index in [9.17, 15) is 0 Å². The number of hydrogen-bond donors (Lipinski definition) is 1. The summed E-state index contributed by atoms with van der Waals surface area (Å²) in [5, 5.41) is 0. The SMILES string of the molecule is Cc1cc(N2CC(C)OC(C)C2)c(C(N)=S)c(C)n1. The van der Waals surface area contributed by atoms with Gasteiger partial charge < -0.3 is 15.4 Å². The van der Waals surface area contributed by atoms with E-state index in [2.05, 4.69) is 29.8 Å². The van der Waals surface area contributed by atoms with Crippen LogP contribution >= 0.6 is 12.2 Å². The number of nitrogens with zero attached hydrogens (tertiary/aromatic N) is 2. The lowest BCUT2D eigenvalue weighted by atomic mass is 10.1. The summed E-state index contributed by atoms with van der Waals surface area (Å²) >= 11 is 5.19. The van der Waals surface area contributed by atoms with Crippen molar-refractivity contribution in [2.75, 3.05) is 18.0 Å². The van der Waals surface area contributed by atoms with Gasteiger partial charge in [0.15, 0.2) is 0 Å². The van der Waals surface area contributed by atoms with Crippen molar-refractivity contribution in [1.29, 1.82) is 0 Å². The molecule has 0 radical (unpaired) electrons. The number of aryl methyl sites for hydroxylation is 2. The molecule has 1 fully saturated rings. The van der Waals surface area contributed by atoms with Gasteiger partial charge in [-0.25, -0.2) is 0 Å². The Morgan fingerprint density at radius 2 is 1.95 bits per heavy atom. The Morgan fingerprint density at radius 3 is 2.47 bits per heavy atom. The number of rotatable bonds is 2. The van der Waals surface area contributed by atoms with Gasteiger partial charge in [-0.05, 0) is 33.8 Å². The molecule has 0 saturated carbocycles. The van der Waals surface area contributed by atoms with Crippen LogP contribution in [0.25, 0.3) is 0 Å². The molecule has 0 amide bonds. The van der Waals surface area contributed by atoms with Gasteiger partial charge in [-0.2, -0.15) is 0 Å². The fourth-order valence-electron chi connectivity index (χ4n) is 2.74. The summed E-state index contributed by atoms with van der Waals surface area (Å²) in [5.41, 5.74) is 9.73. The fraction of sp³-hybridized carbons (Fsp3) is 0.571. The molecule has 2 unspecified atom stereocenters. The van der Waals surface area contributed by atoms with Gasteiger partial charge in [-0.3, -0.25) is 4.98 Å². The zero-order valence-electron chi connectivity index (χ0n) is 11.9. The van der Waals surface area contributed by atoms with Crippen molar-refractivity contribution in [2.45, 2.75) is 39.9 Å². The maximum Gasteiger partial charge on any atom is 0.107 e. The van der Waals surface area contributed by atoms with Gasteiger partial charge in [0.1, 0.15) is 4.99 Å². The number of hydrogen-bond acceptors (Lipinski definition) is 4. The highest BCUT2D eigenvalue weighted by Gasteiger charge is 2.25. The van der Waals surface area contributed by atoms with E-state index < -0.39 is 0 Å². The molecule has 0 spiro atoms. The number of aromatic nitrogens is 1. The molecular formula is C14H21N3OS. The lowest BCUT2D eigenvalue weighted by Gasteiger charge is -2.38. The van der Waals surface area contributed by atoms with Crippen molar-refractivity contribution in [3.63, 3.8) is 0 Å². The van der Waals surface area contributed by atoms with Crippen molar-refractivity contribution in [3.05, 3.63) is 23.0 Å². The highest BCUT2D eigenvalue weighted by atomic mass is 32.1. The third kappa shape index (κ3) is 3.04. The number of nitrogens with two attached hydrogens (primary N) is 1. The predicted molar refractivity (Wildman–Crippen MR) is 81.8 cm³/mol. The first-order valence-corrected chi connectivity index (χ1v) is 6.97. The van der Waals surface area contributed by atoms with Crippen LogP contribution in [0.15, 0.2) is 6.07 Å². The van der Waals surface area contributed by atoms with E-state index in [1.54, 1.807) is 0 Å². The van der Waals surface area contributed by atoms with Crippen molar-refractivity contribution in [2.24, 2.45) is 5.73 Å². The van der Waals surface area contributed by atoms with Gasteiger partial charge in [0.05, 0.1) is 23.5 Å². The Labute approximate surface area is 120 Å². The first kappa shape index (κ1) is 14.2. The van der Waals surface area contributed by atoms with Crippen molar-refractivity contribution in [3.8, 4) is 0 Å². The monoisotopic (exact) mass is 279 g/mol. The van der Waals surface area contributed by atoms with Gasteiger partial charge in [0.25, 0.3) is 0 Å². The van der Waals surface area contributed by atoms with Crippen LogP contribution in [0.3, 0.4) is 0 Å². The summed E-state index contributed by atoms with van der Waals surface area (Å²) in [6, 6.07) is 2.06. The highest BCUT2D eigenvalue weighted by Crippen LogP contribution is 2.27. The second-order valence-corrected chi connectivity index (χ2v) is 5.71. The van der Waals surface area contributed by atoms with Gasteiger partial charge >= 0.3 is 0 Å². The van der Waals surface area contributed by atoms with Crippen LogP contribution in [-0.2, 0) is 4.74 Å². The summed E-state index contributed by atoms with van der Waals surface area (Å²) in [6.07, 6.45) is 0.411. The van der Waals surface area contributed by atoms with Crippen molar-refractivity contribution < 1.29 is 4.74 Å². The molecule has 1 aliphatic heterocycles. The molecule has 2 rings (SSSR count). The number of thiocarbonyl (C=S) groups is 1. The topological polar surface area (TPSA) is 51.4 Å². The first-order chi connectivity index (χ1) is 8.88. The van der Waals surface area contributed by atoms with Crippen LogP contribution in [0.4, 0.5) is 5.69 Å². The normalized spacial score (nSPS) is 23.5. The highest BCUT2D eigenvalue weighted by molar-refractivity contribution is 7.80. The number of pyridine rings is 1. The third-order valence-corrected chi connectivity index (χ3v) is 3.52. The molecule has 0 aliphatic carbocycles. The largest absolute Gasteiger partial charge is 0.389 e. The molecule has 2 heterocycles. The van der Waals surface area contributed by atoms with Gasteiger partial charge in [0.2, 0.25) is 0 Å². The average Bonchev–Trinajstić information content (AvgIpc) is 2.25. The van der Waals surface area contributed by atoms with E-state index in [0.29, 0.717) is 4.99 Å². The Kier molecular flexibility index (Phi) is 4.06. The molecule has 104 valence electrons. The molecule has 1 aromatic rings. The standard InChI is InChI=1S/C14H21N3OS/c1-8-5-12(13(14(15)19)11(4)16-8)17-6-9(2)18-10(3)7-17/h5,9-10H,6-7H2,1-4H3,(H2,15,19). The van der Waals surface area contributed by atoms with E-state index in [0.717, 1.165) is 35.7 Å². The summed E-state index contributed by atoms with van der Waals surface area (Å²) in [5.74, 6) is 0. The van der Waals surface area contributed by atoms with E-state index >= 15 is 0 Å².